The number of halogens is 2. The fraction of sp³-hybridized carbons (Fsp3) is 0.583. The normalized spacial score (nSPS) is 11.1. The lowest BCUT2D eigenvalue weighted by molar-refractivity contribution is 0.305. The third-order valence-electron chi connectivity index (χ3n) is 4.93. The molecule has 0 atom stereocenters. The largest absolute Gasteiger partial charge is 0.493 e. The van der Waals surface area contributed by atoms with E-state index in [0.717, 1.165) is 59.0 Å². The van der Waals surface area contributed by atoms with E-state index in [1.165, 1.54) is 49.7 Å². The van der Waals surface area contributed by atoms with E-state index < -0.39 is 0 Å². The van der Waals surface area contributed by atoms with Crippen LogP contribution in [0, 0.1) is 0 Å². The zero-order valence-corrected chi connectivity index (χ0v) is 20.5. The van der Waals surface area contributed by atoms with E-state index in [2.05, 4.69) is 70.0 Å². The average Bonchev–Trinajstić information content (AvgIpc) is 2.72. The van der Waals surface area contributed by atoms with E-state index in [1.54, 1.807) is 0 Å². The highest BCUT2D eigenvalue weighted by Crippen LogP contribution is 2.36. The van der Waals surface area contributed by atoms with Crippen LogP contribution in [0.1, 0.15) is 76.3 Å². The van der Waals surface area contributed by atoms with Crippen molar-refractivity contribution >= 4 is 42.6 Å². The van der Waals surface area contributed by atoms with Crippen LogP contribution in [0.15, 0.2) is 24.3 Å². The second kappa shape index (κ2) is 13.5. The SMILES string of the molecule is CCCCCCOc1cc(CBr)cc2c(OCCCCCC)cc(CBr)cc12. The minimum absolute atomic E-state index is 0.770. The number of ether oxygens (including phenoxy) is 2. The highest BCUT2D eigenvalue weighted by Gasteiger charge is 2.12. The van der Waals surface area contributed by atoms with Crippen molar-refractivity contribution in [2.75, 3.05) is 13.2 Å². The molecule has 2 aromatic carbocycles. The topological polar surface area (TPSA) is 18.5 Å². The van der Waals surface area contributed by atoms with E-state index >= 15 is 0 Å². The van der Waals surface area contributed by atoms with Crippen LogP contribution in [0.4, 0.5) is 0 Å². The molecule has 2 rings (SSSR count). The van der Waals surface area contributed by atoms with Crippen LogP contribution in [0.25, 0.3) is 10.8 Å². The molecule has 0 aliphatic carbocycles. The molecule has 4 heteroatoms. The van der Waals surface area contributed by atoms with Crippen molar-refractivity contribution in [2.24, 2.45) is 0 Å². The molecule has 0 aliphatic heterocycles. The summed E-state index contributed by atoms with van der Waals surface area (Å²) < 4.78 is 12.5. The first-order valence-corrected chi connectivity index (χ1v) is 12.9. The molecule has 0 fully saturated rings. The number of rotatable bonds is 14. The van der Waals surface area contributed by atoms with Gasteiger partial charge in [0.15, 0.2) is 0 Å². The number of hydrogen-bond donors (Lipinski definition) is 0. The minimum Gasteiger partial charge on any atom is -0.493 e. The summed E-state index contributed by atoms with van der Waals surface area (Å²) in [6.07, 6.45) is 9.70. The van der Waals surface area contributed by atoms with Gasteiger partial charge < -0.3 is 9.47 Å². The summed E-state index contributed by atoms with van der Waals surface area (Å²) in [6, 6.07) is 8.79. The first kappa shape index (κ1) is 23.5. The lowest BCUT2D eigenvalue weighted by Gasteiger charge is -2.16. The zero-order chi connectivity index (χ0) is 20.2. The van der Waals surface area contributed by atoms with Gasteiger partial charge in [-0.2, -0.15) is 0 Å². The van der Waals surface area contributed by atoms with Crippen LogP contribution >= 0.6 is 31.9 Å². The van der Waals surface area contributed by atoms with Crippen molar-refractivity contribution in [1.82, 2.24) is 0 Å². The van der Waals surface area contributed by atoms with Crippen LogP contribution in [0.2, 0.25) is 0 Å². The summed E-state index contributed by atoms with van der Waals surface area (Å²) in [5, 5.41) is 3.93. The Kier molecular flexibility index (Phi) is 11.3. The van der Waals surface area contributed by atoms with Crippen LogP contribution in [0.3, 0.4) is 0 Å². The number of unbranched alkanes of at least 4 members (excludes halogenated alkanes) is 6. The number of benzene rings is 2. The molecular formula is C24H34Br2O2. The molecule has 0 aliphatic rings. The van der Waals surface area contributed by atoms with Gasteiger partial charge >= 0.3 is 0 Å². The van der Waals surface area contributed by atoms with Gasteiger partial charge in [-0.05, 0) is 48.2 Å². The highest BCUT2D eigenvalue weighted by atomic mass is 79.9. The number of hydrogen-bond acceptors (Lipinski definition) is 2. The molecule has 28 heavy (non-hydrogen) atoms. The summed E-state index contributed by atoms with van der Waals surface area (Å²) >= 11 is 7.22. The molecule has 0 saturated carbocycles. The third kappa shape index (κ3) is 7.26. The van der Waals surface area contributed by atoms with Gasteiger partial charge in [0.05, 0.1) is 13.2 Å². The van der Waals surface area contributed by atoms with Gasteiger partial charge in [-0.25, -0.2) is 0 Å². The number of alkyl halides is 2. The van der Waals surface area contributed by atoms with E-state index in [1.807, 2.05) is 0 Å². The van der Waals surface area contributed by atoms with E-state index in [0.29, 0.717) is 0 Å². The quantitative estimate of drug-likeness (QED) is 0.186. The molecule has 0 heterocycles. The molecule has 0 bridgehead atoms. The minimum atomic E-state index is 0.770. The van der Waals surface area contributed by atoms with Gasteiger partial charge in [0.1, 0.15) is 11.5 Å². The Bertz CT molecular complexity index is 654. The fourth-order valence-corrected chi connectivity index (χ4v) is 3.97. The summed E-state index contributed by atoms with van der Waals surface area (Å²) in [7, 11) is 0. The molecule has 0 radical (unpaired) electrons. The van der Waals surface area contributed by atoms with Gasteiger partial charge in [-0.3, -0.25) is 0 Å². The first-order chi connectivity index (χ1) is 13.7. The average molecular weight is 514 g/mol. The van der Waals surface area contributed by atoms with Crippen LogP contribution in [0.5, 0.6) is 11.5 Å². The van der Waals surface area contributed by atoms with Gasteiger partial charge in [-0.1, -0.05) is 84.2 Å². The van der Waals surface area contributed by atoms with E-state index in [9.17, 15) is 0 Å². The third-order valence-corrected chi connectivity index (χ3v) is 6.23. The Balaban J connectivity index is 2.25. The number of fused-ring (bicyclic) bond motifs is 1. The molecule has 2 aromatic rings. The maximum atomic E-state index is 6.23. The van der Waals surface area contributed by atoms with Crippen molar-refractivity contribution in [3.63, 3.8) is 0 Å². The van der Waals surface area contributed by atoms with Crippen LogP contribution < -0.4 is 9.47 Å². The molecular weight excluding hydrogens is 480 g/mol. The van der Waals surface area contributed by atoms with E-state index in [-0.39, 0.29) is 0 Å². The molecule has 156 valence electrons. The lowest BCUT2D eigenvalue weighted by atomic mass is 10.0. The molecule has 0 aromatic heterocycles. The Morgan fingerprint density at radius 2 is 1.04 bits per heavy atom. The maximum absolute atomic E-state index is 6.23. The molecule has 0 amide bonds. The standard InChI is InChI=1S/C24H34Br2O2/c1-3-5-7-9-11-27-23-15-19(17-25)14-22-21(23)13-20(18-26)16-24(22)28-12-10-8-6-4-2/h13-16H,3-12,17-18H2,1-2H3. The second-order valence-electron chi connectivity index (χ2n) is 7.37. The van der Waals surface area contributed by atoms with Crippen molar-refractivity contribution in [1.29, 1.82) is 0 Å². The molecule has 2 nitrogen and oxygen atoms in total. The van der Waals surface area contributed by atoms with Crippen molar-refractivity contribution in [3.8, 4) is 11.5 Å². The summed E-state index contributed by atoms with van der Waals surface area (Å²) in [5.41, 5.74) is 2.44. The highest BCUT2D eigenvalue weighted by molar-refractivity contribution is 9.08. The molecule has 0 unspecified atom stereocenters. The predicted molar refractivity (Wildman–Crippen MR) is 128 cm³/mol. The Labute approximate surface area is 187 Å². The Morgan fingerprint density at radius 3 is 1.39 bits per heavy atom. The zero-order valence-electron chi connectivity index (χ0n) is 17.4. The van der Waals surface area contributed by atoms with Gasteiger partial charge in [-0.15, -0.1) is 0 Å². The summed E-state index contributed by atoms with van der Waals surface area (Å²) in [5.74, 6) is 1.95. The predicted octanol–water partition coefficient (Wildman–Crippen LogP) is 8.55. The molecule has 0 saturated heterocycles. The van der Waals surface area contributed by atoms with Gasteiger partial charge in [0.2, 0.25) is 0 Å². The Hall–Kier alpha value is -0.740. The van der Waals surface area contributed by atoms with Crippen LogP contribution in [-0.4, -0.2) is 13.2 Å². The molecule has 0 spiro atoms. The maximum Gasteiger partial charge on any atom is 0.127 e. The summed E-state index contributed by atoms with van der Waals surface area (Å²) in [4.78, 5) is 0. The first-order valence-electron chi connectivity index (χ1n) is 10.7. The monoisotopic (exact) mass is 512 g/mol. The smallest absolute Gasteiger partial charge is 0.127 e. The second-order valence-corrected chi connectivity index (χ2v) is 8.49. The molecule has 0 N–H and O–H groups in total. The summed E-state index contributed by atoms with van der Waals surface area (Å²) in [6.45, 7) is 6.01. The lowest BCUT2D eigenvalue weighted by Crippen LogP contribution is -2.02. The Morgan fingerprint density at radius 1 is 0.607 bits per heavy atom. The van der Waals surface area contributed by atoms with Crippen molar-refractivity contribution in [3.05, 3.63) is 35.4 Å². The van der Waals surface area contributed by atoms with Crippen molar-refractivity contribution in [2.45, 2.75) is 75.9 Å². The van der Waals surface area contributed by atoms with Crippen LogP contribution in [-0.2, 0) is 10.7 Å². The van der Waals surface area contributed by atoms with Crippen molar-refractivity contribution < 1.29 is 9.47 Å². The van der Waals surface area contributed by atoms with Gasteiger partial charge in [0.25, 0.3) is 0 Å². The van der Waals surface area contributed by atoms with E-state index in [4.69, 9.17) is 9.47 Å². The fourth-order valence-electron chi connectivity index (χ4n) is 3.32. The van der Waals surface area contributed by atoms with Gasteiger partial charge in [0, 0.05) is 21.4 Å².